The molecule has 2 aromatic carbocycles. The van der Waals surface area contributed by atoms with Gasteiger partial charge in [-0.25, -0.2) is 4.99 Å². The van der Waals surface area contributed by atoms with Crippen LogP contribution in [0.2, 0.25) is 5.02 Å². The van der Waals surface area contributed by atoms with Gasteiger partial charge in [0.05, 0.1) is 0 Å². The lowest BCUT2D eigenvalue weighted by Crippen LogP contribution is -2.41. The molecule has 1 aliphatic rings. The molecule has 100 valence electrons. The number of halogens is 1. The van der Waals surface area contributed by atoms with Gasteiger partial charge in [0.1, 0.15) is 17.1 Å². The van der Waals surface area contributed by atoms with Crippen molar-refractivity contribution in [2.45, 2.75) is 12.5 Å². The number of aliphatic imine (C=N–C) groups is 1. The molecule has 3 nitrogen and oxygen atoms in total. The molecule has 0 radical (unpaired) electrons. The third-order valence-electron chi connectivity index (χ3n) is 3.44. The lowest BCUT2D eigenvalue weighted by atomic mass is 9.89. The molecule has 1 heterocycles. The number of nitrogens with zero attached hydrogens (tertiary/aromatic N) is 1. The molecule has 0 spiro atoms. The van der Waals surface area contributed by atoms with Crippen molar-refractivity contribution in [1.82, 2.24) is 0 Å². The van der Waals surface area contributed by atoms with Crippen LogP contribution >= 0.6 is 11.6 Å². The van der Waals surface area contributed by atoms with E-state index in [2.05, 4.69) is 4.99 Å². The number of ether oxygens (including phenoxy) is 1. The number of fused-ring (bicyclic) bond motifs is 1. The van der Waals surface area contributed by atoms with Crippen LogP contribution in [0.5, 0.6) is 5.75 Å². The summed E-state index contributed by atoms with van der Waals surface area (Å²) in [6, 6.07) is 15.0. The van der Waals surface area contributed by atoms with Crippen LogP contribution in [0.25, 0.3) is 0 Å². The van der Waals surface area contributed by atoms with Crippen molar-refractivity contribution in [1.29, 1.82) is 5.41 Å². The Kier molecular flexibility index (Phi) is 3.07. The standard InChI is InChI=1S/C16H13ClN2O/c1-16(11-6-8-12(17)9-7-11)15(10-18)19-13-4-2-3-5-14(13)20-16/h2-10,18H,1H3. The van der Waals surface area contributed by atoms with Gasteiger partial charge in [0.2, 0.25) is 0 Å². The molecule has 0 saturated carbocycles. The van der Waals surface area contributed by atoms with E-state index in [1.165, 1.54) is 6.21 Å². The molecular formula is C16H13ClN2O. The number of para-hydroxylation sites is 2. The zero-order chi connectivity index (χ0) is 14.2. The quantitative estimate of drug-likeness (QED) is 0.818. The average Bonchev–Trinajstić information content (AvgIpc) is 2.47. The zero-order valence-electron chi connectivity index (χ0n) is 10.9. The lowest BCUT2D eigenvalue weighted by molar-refractivity contribution is 0.161. The lowest BCUT2D eigenvalue weighted by Gasteiger charge is -2.34. The largest absolute Gasteiger partial charge is 0.474 e. The highest BCUT2D eigenvalue weighted by molar-refractivity contribution is 6.34. The molecule has 3 rings (SSSR count). The third-order valence-corrected chi connectivity index (χ3v) is 3.69. The predicted octanol–water partition coefficient (Wildman–Crippen LogP) is 4.37. The molecule has 0 bridgehead atoms. The first kappa shape index (κ1) is 12.9. The first-order chi connectivity index (χ1) is 9.63. The van der Waals surface area contributed by atoms with Crippen molar-refractivity contribution < 1.29 is 4.74 Å². The molecule has 0 saturated heterocycles. The van der Waals surface area contributed by atoms with E-state index in [0.29, 0.717) is 10.7 Å². The average molecular weight is 285 g/mol. The number of nitrogens with one attached hydrogen (secondary N) is 1. The zero-order valence-corrected chi connectivity index (χ0v) is 11.7. The van der Waals surface area contributed by atoms with Gasteiger partial charge < -0.3 is 10.1 Å². The molecule has 20 heavy (non-hydrogen) atoms. The van der Waals surface area contributed by atoms with Crippen LogP contribution in [0.3, 0.4) is 0 Å². The van der Waals surface area contributed by atoms with Gasteiger partial charge in [0.25, 0.3) is 0 Å². The SMILES string of the molecule is CC1(c2ccc(Cl)cc2)Oc2ccccc2N=C1C=N. The van der Waals surface area contributed by atoms with E-state index in [1.807, 2.05) is 55.5 Å². The number of benzene rings is 2. The summed E-state index contributed by atoms with van der Waals surface area (Å²) in [5.74, 6) is 0.718. The van der Waals surface area contributed by atoms with Crippen LogP contribution < -0.4 is 4.74 Å². The number of hydrogen-bond donors (Lipinski definition) is 1. The van der Waals surface area contributed by atoms with Crippen LogP contribution in [0.1, 0.15) is 12.5 Å². The molecule has 1 aliphatic heterocycles. The second-order valence-electron chi connectivity index (χ2n) is 4.75. The highest BCUT2D eigenvalue weighted by atomic mass is 35.5. The Bertz CT molecular complexity index is 694. The minimum atomic E-state index is -0.777. The Morgan fingerprint density at radius 2 is 1.85 bits per heavy atom. The van der Waals surface area contributed by atoms with Gasteiger partial charge in [-0.2, -0.15) is 0 Å². The fraction of sp³-hybridized carbons (Fsp3) is 0.125. The van der Waals surface area contributed by atoms with Crippen molar-refractivity contribution in [3.05, 3.63) is 59.1 Å². The Morgan fingerprint density at radius 3 is 2.55 bits per heavy atom. The van der Waals surface area contributed by atoms with Gasteiger partial charge in [-0.3, -0.25) is 0 Å². The summed E-state index contributed by atoms with van der Waals surface area (Å²) in [4.78, 5) is 4.53. The second-order valence-corrected chi connectivity index (χ2v) is 5.19. The third kappa shape index (κ3) is 2.00. The molecule has 1 N–H and O–H groups in total. The van der Waals surface area contributed by atoms with Gasteiger partial charge >= 0.3 is 0 Å². The molecule has 0 aliphatic carbocycles. The van der Waals surface area contributed by atoms with Gasteiger partial charge in [0.15, 0.2) is 5.60 Å². The predicted molar refractivity (Wildman–Crippen MR) is 81.8 cm³/mol. The van der Waals surface area contributed by atoms with Gasteiger partial charge in [-0.05, 0) is 31.2 Å². The molecule has 0 fully saturated rings. The molecular weight excluding hydrogens is 272 g/mol. The van der Waals surface area contributed by atoms with Crippen molar-refractivity contribution in [2.24, 2.45) is 4.99 Å². The summed E-state index contributed by atoms with van der Waals surface area (Å²) in [5.41, 5.74) is 1.45. The van der Waals surface area contributed by atoms with Crippen LogP contribution in [0.15, 0.2) is 53.5 Å². The van der Waals surface area contributed by atoms with E-state index < -0.39 is 5.60 Å². The molecule has 1 unspecified atom stereocenters. The summed E-state index contributed by atoms with van der Waals surface area (Å²) in [5, 5.41) is 8.29. The molecule has 2 aromatic rings. The summed E-state index contributed by atoms with van der Waals surface area (Å²) in [7, 11) is 0. The van der Waals surface area contributed by atoms with E-state index in [4.69, 9.17) is 21.7 Å². The minimum absolute atomic E-state index is 0.568. The Hall–Kier alpha value is -2.13. The molecule has 4 heteroatoms. The molecule has 0 amide bonds. The molecule has 1 atom stereocenters. The Morgan fingerprint density at radius 1 is 1.15 bits per heavy atom. The topological polar surface area (TPSA) is 45.4 Å². The normalized spacial score (nSPS) is 20.6. The summed E-state index contributed by atoms with van der Waals surface area (Å²) >= 11 is 5.93. The maximum atomic E-state index is 7.62. The fourth-order valence-corrected chi connectivity index (χ4v) is 2.42. The number of rotatable bonds is 2. The molecule has 0 aromatic heterocycles. The van der Waals surface area contributed by atoms with Crippen molar-refractivity contribution in [2.75, 3.05) is 0 Å². The van der Waals surface area contributed by atoms with Gasteiger partial charge in [0, 0.05) is 16.8 Å². The highest BCUT2D eigenvalue weighted by Crippen LogP contribution is 2.40. The maximum Gasteiger partial charge on any atom is 0.175 e. The second kappa shape index (κ2) is 4.76. The monoisotopic (exact) mass is 284 g/mol. The van der Waals surface area contributed by atoms with Crippen LogP contribution in [-0.4, -0.2) is 11.9 Å². The fourth-order valence-electron chi connectivity index (χ4n) is 2.29. The first-order valence-corrected chi connectivity index (χ1v) is 6.65. The van der Waals surface area contributed by atoms with E-state index in [0.717, 1.165) is 17.0 Å². The summed E-state index contributed by atoms with van der Waals surface area (Å²) in [6.45, 7) is 1.91. The summed E-state index contributed by atoms with van der Waals surface area (Å²) < 4.78 is 6.12. The van der Waals surface area contributed by atoms with Crippen LogP contribution in [0.4, 0.5) is 5.69 Å². The van der Waals surface area contributed by atoms with Crippen LogP contribution in [0, 0.1) is 5.41 Å². The van der Waals surface area contributed by atoms with E-state index >= 15 is 0 Å². The van der Waals surface area contributed by atoms with Crippen molar-refractivity contribution >= 4 is 29.2 Å². The maximum absolute atomic E-state index is 7.62. The summed E-state index contributed by atoms with van der Waals surface area (Å²) in [6.07, 6.45) is 1.24. The Balaban J connectivity index is 2.14. The first-order valence-electron chi connectivity index (χ1n) is 6.27. The van der Waals surface area contributed by atoms with E-state index in [-0.39, 0.29) is 0 Å². The van der Waals surface area contributed by atoms with Crippen LogP contribution in [-0.2, 0) is 5.60 Å². The van der Waals surface area contributed by atoms with E-state index in [9.17, 15) is 0 Å². The smallest absolute Gasteiger partial charge is 0.175 e. The van der Waals surface area contributed by atoms with Gasteiger partial charge in [-0.1, -0.05) is 35.9 Å². The van der Waals surface area contributed by atoms with E-state index in [1.54, 1.807) is 0 Å². The Labute approximate surface area is 122 Å². The van der Waals surface area contributed by atoms with Crippen molar-refractivity contribution in [3.63, 3.8) is 0 Å². The number of hydrogen-bond acceptors (Lipinski definition) is 3. The van der Waals surface area contributed by atoms with Gasteiger partial charge in [-0.15, -0.1) is 0 Å². The highest BCUT2D eigenvalue weighted by Gasteiger charge is 2.37. The minimum Gasteiger partial charge on any atom is -0.474 e. The van der Waals surface area contributed by atoms with Crippen molar-refractivity contribution in [3.8, 4) is 5.75 Å².